The van der Waals surface area contributed by atoms with E-state index in [4.69, 9.17) is 0 Å². The van der Waals surface area contributed by atoms with Crippen molar-refractivity contribution in [1.29, 1.82) is 0 Å². The van der Waals surface area contributed by atoms with Gasteiger partial charge in [-0.3, -0.25) is 0 Å². The first kappa shape index (κ1) is 13.4. The lowest BCUT2D eigenvalue weighted by Crippen LogP contribution is -1.99. The van der Waals surface area contributed by atoms with Crippen LogP contribution in [0.1, 0.15) is 53.9 Å². The lowest BCUT2D eigenvalue weighted by atomic mass is 9.95. The van der Waals surface area contributed by atoms with E-state index in [1.807, 2.05) is 0 Å². The highest BCUT2D eigenvalue weighted by Gasteiger charge is 2.05. The third kappa shape index (κ3) is 6.88. The summed E-state index contributed by atoms with van der Waals surface area (Å²) in [4.78, 5) is 10.9. The highest BCUT2D eigenvalue weighted by Crippen LogP contribution is 2.18. The van der Waals surface area contributed by atoms with Gasteiger partial charge in [0.1, 0.15) is 5.78 Å². The fraction of sp³-hybridized carbons (Fsp3) is 0.769. The summed E-state index contributed by atoms with van der Waals surface area (Å²) in [5.41, 5.74) is 1.44. The zero-order valence-corrected chi connectivity index (χ0v) is 10.3. The molecule has 1 heteroatoms. The predicted molar refractivity (Wildman–Crippen MR) is 62.3 cm³/mol. The molecule has 0 fully saturated rings. The number of allylic oxidation sites excluding steroid dienone is 2. The summed E-state index contributed by atoms with van der Waals surface area (Å²) in [6.07, 6.45) is 5.09. The molecule has 0 aliphatic heterocycles. The van der Waals surface area contributed by atoms with Crippen molar-refractivity contribution in [3.63, 3.8) is 0 Å². The van der Waals surface area contributed by atoms with Crippen molar-refractivity contribution in [1.82, 2.24) is 0 Å². The van der Waals surface area contributed by atoms with Crippen LogP contribution in [0, 0.1) is 11.8 Å². The van der Waals surface area contributed by atoms with E-state index in [1.54, 1.807) is 6.92 Å². The molecule has 0 spiro atoms. The highest BCUT2D eigenvalue weighted by molar-refractivity contribution is 5.75. The molecule has 0 aromatic rings. The Morgan fingerprint density at radius 2 is 1.71 bits per heavy atom. The van der Waals surface area contributed by atoms with Crippen LogP contribution in [0.4, 0.5) is 0 Å². The minimum Gasteiger partial charge on any atom is -0.300 e. The van der Waals surface area contributed by atoms with E-state index >= 15 is 0 Å². The van der Waals surface area contributed by atoms with Crippen molar-refractivity contribution in [2.45, 2.75) is 53.9 Å². The third-order valence-electron chi connectivity index (χ3n) is 2.36. The maximum Gasteiger partial charge on any atom is 0.130 e. The van der Waals surface area contributed by atoms with Crippen LogP contribution in [0.15, 0.2) is 11.6 Å². The van der Waals surface area contributed by atoms with Crippen molar-refractivity contribution in [2.75, 3.05) is 0 Å². The Kier molecular flexibility index (Phi) is 6.52. The van der Waals surface area contributed by atoms with Crippen LogP contribution in [0.25, 0.3) is 0 Å². The minimum absolute atomic E-state index is 0.293. The summed E-state index contributed by atoms with van der Waals surface area (Å²) in [6, 6.07) is 0. The standard InChI is InChI=1S/C13H24O/c1-10(2)6-8-13(11(3)4)9-7-12(5)14/h8,10-11H,6-7,9H2,1-5H3. The van der Waals surface area contributed by atoms with E-state index in [0.717, 1.165) is 12.8 Å². The summed E-state index contributed by atoms with van der Waals surface area (Å²) in [5.74, 6) is 1.58. The van der Waals surface area contributed by atoms with Gasteiger partial charge in [-0.05, 0) is 31.6 Å². The van der Waals surface area contributed by atoms with Crippen molar-refractivity contribution in [3.05, 3.63) is 11.6 Å². The number of rotatable bonds is 6. The molecular weight excluding hydrogens is 172 g/mol. The fourth-order valence-corrected chi connectivity index (χ4v) is 1.33. The van der Waals surface area contributed by atoms with E-state index in [-0.39, 0.29) is 0 Å². The Balaban J connectivity index is 4.14. The molecule has 0 unspecified atom stereocenters. The molecule has 0 rings (SSSR count). The second kappa shape index (κ2) is 6.80. The molecule has 0 aliphatic rings. The Bertz CT molecular complexity index is 199. The number of hydrogen-bond acceptors (Lipinski definition) is 1. The average Bonchev–Trinajstić information content (AvgIpc) is 2.02. The van der Waals surface area contributed by atoms with E-state index in [1.165, 1.54) is 5.57 Å². The molecule has 0 heterocycles. The lowest BCUT2D eigenvalue weighted by molar-refractivity contribution is -0.116. The van der Waals surface area contributed by atoms with Gasteiger partial charge in [-0.1, -0.05) is 39.3 Å². The Morgan fingerprint density at radius 3 is 2.07 bits per heavy atom. The Labute approximate surface area is 88.6 Å². The van der Waals surface area contributed by atoms with Crippen LogP contribution in [-0.2, 0) is 4.79 Å². The quantitative estimate of drug-likeness (QED) is 0.587. The largest absolute Gasteiger partial charge is 0.300 e. The predicted octanol–water partition coefficient (Wildman–Crippen LogP) is 3.98. The lowest BCUT2D eigenvalue weighted by Gasteiger charge is -2.11. The number of carbonyl (C=O) groups excluding carboxylic acids is 1. The first-order valence-electron chi connectivity index (χ1n) is 5.61. The number of hydrogen-bond donors (Lipinski definition) is 0. The van der Waals surface area contributed by atoms with Gasteiger partial charge in [0.15, 0.2) is 0 Å². The molecule has 0 bridgehead atoms. The fourth-order valence-electron chi connectivity index (χ4n) is 1.33. The molecule has 82 valence electrons. The average molecular weight is 196 g/mol. The number of ketones is 1. The first-order valence-corrected chi connectivity index (χ1v) is 5.61. The molecule has 0 atom stereocenters. The van der Waals surface area contributed by atoms with Gasteiger partial charge in [0.25, 0.3) is 0 Å². The maximum absolute atomic E-state index is 10.9. The summed E-state index contributed by atoms with van der Waals surface area (Å²) >= 11 is 0. The Hall–Kier alpha value is -0.590. The van der Waals surface area contributed by atoms with Crippen LogP contribution in [0.5, 0.6) is 0 Å². The summed E-state index contributed by atoms with van der Waals surface area (Å²) in [7, 11) is 0. The molecule has 0 aromatic carbocycles. The summed E-state index contributed by atoms with van der Waals surface area (Å²) in [5, 5.41) is 0. The van der Waals surface area contributed by atoms with Crippen LogP contribution < -0.4 is 0 Å². The van der Waals surface area contributed by atoms with Gasteiger partial charge in [0.05, 0.1) is 0 Å². The van der Waals surface area contributed by atoms with E-state index in [9.17, 15) is 4.79 Å². The molecular formula is C13H24O. The van der Waals surface area contributed by atoms with E-state index in [0.29, 0.717) is 24.0 Å². The highest BCUT2D eigenvalue weighted by atomic mass is 16.1. The van der Waals surface area contributed by atoms with Gasteiger partial charge in [-0.25, -0.2) is 0 Å². The zero-order chi connectivity index (χ0) is 11.1. The normalized spacial score (nSPS) is 12.6. The summed E-state index contributed by atoms with van der Waals surface area (Å²) < 4.78 is 0. The molecule has 1 nitrogen and oxygen atoms in total. The zero-order valence-electron chi connectivity index (χ0n) is 10.3. The first-order chi connectivity index (χ1) is 6.43. The van der Waals surface area contributed by atoms with Crippen molar-refractivity contribution >= 4 is 5.78 Å². The van der Waals surface area contributed by atoms with Gasteiger partial charge in [-0.2, -0.15) is 0 Å². The van der Waals surface area contributed by atoms with E-state index in [2.05, 4.69) is 33.8 Å². The van der Waals surface area contributed by atoms with E-state index < -0.39 is 0 Å². The number of Topliss-reactive ketones (excluding diaryl/α,β-unsaturated/α-hetero) is 1. The van der Waals surface area contributed by atoms with Gasteiger partial charge in [0, 0.05) is 6.42 Å². The molecule has 0 saturated heterocycles. The third-order valence-corrected chi connectivity index (χ3v) is 2.36. The second-order valence-electron chi connectivity index (χ2n) is 4.77. The molecule has 0 aromatic heterocycles. The molecule has 0 radical (unpaired) electrons. The van der Waals surface area contributed by atoms with Gasteiger partial charge < -0.3 is 4.79 Å². The molecule has 0 N–H and O–H groups in total. The van der Waals surface area contributed by atoms with Gasteiger partial charge >= 0.3 is 0 Å². The molecule has 0 saturated carbocycles. The van der Waals surface area contributed by atoms with Crippen LogP contribution in [-0.4, -0.2) is 5.78 Å². The molecule has 0 aliphatic carbocycles. The van der Waals surface area contributed by atoms with Crippen LogP contribution in [0.2, 0.25) is 0 Å². The topological polar surface area (TPSA) is 17.1 Å². The SMILES string of the molecule is CC(=O)CCC(=CCC(C)C)C(C)C. The van der Waals surface area contributed by atoms with Crippen molar-refractivity contribution in [2.24, 2.45) is 11.8 Å². The van der Waals surface area contributed by atoms with Crippen LogP contribution >= 0.6 is 0 Å². The maximum atomic E-state index is 10.9. The smallest absolute Gasteiger partial charge is 0.130 e. The molecule has 0 amide bonds. The minimum atomic E-state index is 0.293. The second-order valence-corrected chi connectivity index (χ2v) is 4.77. The monoisotopic (exact) mass is 196 g/mol. The van der Waals surface area contributed by atoms with Gasteiger partial charge in [-0.15, -0.1) is 0 Å². The van der Waals surface area contributed by atoms with Gasteiger partial charge in [0.2, 0.25) is 0 Å². The van der Waals surface area contributed by atoms with Crippen LogP contribution in [0.3, 0.4) is 0 Å². The van der Waals surface area contributed by atoms with Crippen molar-refractivity contribution in [3.8, 4) is 0 Å². The molecule has 14 heavy (non-hydrogen) atoms. The Morgan fingerprint density at radius 1 is 1.14 bits per heavy atom. The number of carbonyl (C=O) groups is 1. The summed E-state index contributed by atoms with van der Waals surface area (Å²) in [6.45, 7) is 10.5. The van der Waals surface area contributed by atoms with Crippen molar-refractivity contribution < 1.29 is 4.79 Å².